The van der Waals surface area contributed by atoms with Gasteiger partial charge in [0, 0.05) is 12.1 Å². The van der Waals surface area contributed by atoms with E-state index in [1.165, 1.54) is 28.9 Å². The summed E-state index contributed by atoms with van der Waals surface area (Å²) >= 11 is 0. The highest BCUT2D eigenvalue weighted by atomic mass is 15.2. The first-order valence-corrected chi connectivity index (χ1v) is 6.29. The highest BCUT2D eigenvalue weighted by Crippen LogP contribution is 2.31. The van der Waals surface area contributed by atoms with Crippen molar-refractivity contribution >= 4 is 5.69 Å². The first kappa shape index (κ1) is 10.4. The molecule has 2 heterocycles. The van der Waals surface area contributed by atoms with Gasteiger partial charge in [-0.15, -0.1) is 0 Å². The fraction of sp³-hybridized carbons (Fsp3) is 0.357. The molecule has 0 aliphatic carbocycles. The fourth-order valence-electron chi connectivity index (χ4n) is 2.34. The van der Waals surface area contributed by atoms with Crippen molar-refractivity contribution in [2.24, 2.45) is 0 Å². The maximum atomic E-state index is 4.44. The van der Waals surface area contributed by atoms with Crippen molar-refractivity contribution in [1.82, 2.24) is 10.2 Å². The minimum atomic E-state index is 1.05. The number of hydrogen-bond donors (Lipinski definition) is 2. The van der Waals surface area contributed by atoms with E-state index in [9.17, 15) is 0 Å². The lowest BCUT2D eigenvalue weighted by molar-refractivity contribution is 0.801. The SMILES string of the molecule is CCc1ccc(-c2n[nH]c3c2NCCC3)cc1. The zero-order valence-corrected chi connectivity index (χ0v) is 10.1. The Morgan fingerprint density at radius 3 is 2.82 bits per heavy atom. The van der Waals surface area contributed by atoms with Gasteiger partial charge in [0.15, 0.2) is 0 Å². The first-order valence-electron chi connectivity index (χ1n) is 6.29. The number of nitrogens with one attached hydrogen (secondary N) is 2. The normalized spacial score (nSPS) is 14.2. The molecule has 17 heavy (non-hydrogen) atoms. The molecule has 3 rings (SSSR count). The number of anilines is 1. The number of aromatic amines is 1. The molecule has 0 bridgehead atoms. The van der Waals surface area contributed by atoms with Crippen LogP contribution < -0.4 is 5.32 Å². The number of aryl methyl sites for hydroxylation is 2. The van der Waals surface area contributed by atoms with Crippen LogP contribution in [0.1, 0.15) is 24.6 Å². The zero-order chi connectivity index (χ0) is 11.7. The molecule has 2 aromatic rings. The number of benzene rings is 1. The number of rotatable bonds is 2. The summed E-state index contributed by atoms with van der Waals surface area (Å²) in [4.78, 5) is 0. The summed E-state index contributed by atoms with van der Waals surface area (Å²) in [5.41, 5.74) is 6.05. The standard InChI is InChI=1S/C14H17N3/c1-2-10-5-7-11(8-6-10)13-14-12(16-17-13)4-3-9-15-14/h5-8,15H,2-4,9H2,1H3,(H,16,17). The Balaban J connectivity index is 2.00. The lowest BCUT2D eigenvalue weighted by atomic mass is 10.0. The summed E-state index contributed by atoms with van der Waals surface area (Å²) in [5.74, 6) is 0. The minimum absolute atomic E-state index is 1.05. The summed E-state index contributed by atoms with van der Waals surface area (Å²) in [7, 11) is 0. The van der Waals surface area contributed by atoms with E-state index in [0.29, 0.717) is 0 Å². The summed E-state index contributed by atoms with van der Waals surface area (Å²) in [6.07, 6.45) is 3.36. The first-order chi connectivity index (χ1) is 8.38. The van der Waals surface area contributed by atoms with Crippen LogP contribution in [0.25, 0.3) is 11.3 Å². The average molecular weight is 227 g/mol. The number of aromatic nitrogens is 2. The van der Waals surface area contributed by atoms with Gasteiger partial charge in [0.1, 0.15) is 5.69 Å². The molecular formula is C14H17N3. The van der Waals surface area contributed by atoms with Crippen LogP contribution in [0.2, 0.25) is 0 Å². The lowest BCUT2D eigenvalue weighted by Gasteiger charge is -2.14. The summed E-state index contributed by atoms with van der Waals surface area (Å²) < 4.78 is 0. The van der Waals surface area contributed by atoms with Crippen LogP contribution in [0, 0.1) is 0 Å². The van der Waals surface area contributed by atoms with E-state index in [4.69, 9.17) is 0 Å². The van der Waals surface area contributed by atoms with Crippen LogP contribution in [0.5, 0.6) is 0 Å². The molecular weight excluding hydrogens is 210 g/mol. The maximum absolute atomic E-state index is 4.44. The van der Waals surface area contributed by atoms with Crippen molar-refractivity contribution in [3.8, 4) is 11.3 Å². The van der Waals surface area contributed by atoms with Gasteiger partial charge in [-0.3, -0.25) is 5.10 Å². The van der Waals surface area contributed by atoms with Crippen LogP contribution in [-0.2, 0) is 12.8 Å². The van der Waals surface area contributed by atoms with Gasteiger partial charge in [0.25, 0.3) is 0 Å². The van der Waals surface area contributed by atoms with E-state index < -0.39 is 0 Å². The summed E-state index contributed by atoms with van der Waals surface area (Å²) in [6, 6.07) is 8.68. The Morgan fingerprint density at radius 1 is 1.24 bits per heavy atom. The fourth-order valence-corrected chi connectivity index (χ4v) is 2.34. The smallest absolute Gasteiger partial charge is 0.115 e. The highest BCUT2D eigenvalue weighted by Gasteiger charge is 2.17. The maximum Gasteiger partial charge on any atom is 0.115 e. The van der Waals surface area contributed by atoms with E-state index in [0.717, 1.165) is 25.1 Å². The highest BCUT2D eigenvalue weighted by molar-refractivity contribution is 5.76. The van der Waals surface area contributed by atoms with E-state index in [-0.39, 0.29) is 0 Å². The molecule has 1 aromatic heterocycles. The molecule has 0 amide bonds. The topological polar surface area (TPSA) is 40.7 Å². The van der Waals surface area contributed by atoms with Gasteiger partial charge in [-0.2, -0.15) is 5.10 Å². The predicted molar refractivity (Wildman–Crippen MR) is 70.2 cm³/mol. The molecule has 3 nitrogen and oxygen atoms in total. The molecule has 1 aliphatic rings. The van der Waals surface area contributed by atoms with Gasteiger partial charge >= 0.3 is 0 Å². The molecule has 0 atom stereocenters. The van der Waals surface area contributed by atoms with Crippen molar-refractivity contribution < 1.29 is 0 Å². The van der Waals surface area contributed by atoms with Crippen LogP contribution in [-0.4, -0.2) is 16.7 Å². The Hall–Kier alpha value is -1.77. The number of H-pyrrole nitrogens is 1. The summed E-state index contributed by atoms with van der Waals surface area (Å²) in [5, 5.41) is 11.0. The molecule has 3 heteroatoms. The molecule has 88 valence electrons. The molecule has 0 saturated carbocycles. The molecule has 0 saturated heterocycles. The average Bonchev–Trinajstić information content (AvgIpc) is 2.83. The van der Waals surface area contributed by atoms with Gasteiger partial charge in [-0.25, -0.2) is 0 Å². The van der Waals surface area contributed by atoms with Gasteiger partial charge in [0.2, 0.25) is 0 Å². The van der Waals surface area contributed by atoms with Crippen molar-refractivity contribution in [3.63, 3.8) is 0 Å². The third kappa shape index (κ3) is 1.82. The van der Waals surface area contributed by atoms with E-state index >= 15 is 0 Å². The number of hydrogen-bond acceptors (Lipinski definition) is 2. The molecule has 1 aromatic carbocycles. The predicted octanol–water partition coefficient (Wildman–Crippen LogP) is 3.00. The Bertz CT molecular complexity index is 511. The third-order valence-corrected chi connectivity index (χ3v) is 3.38. The lowest BCUT2D eigenvalue weighted by Crippen LogP contribution is -2.10. The van der Waals surface area contributed by atoms with Gasteiger partial charge in [-0.05, 0) is 24.8 Å². The number of nitrogens with zero attached hydrogens (tertiary/aromatic N) is 1. The van der Waals surface area contributed by atoms with E-state index in [1.54, 1.807) is 0 Å². The third-order valence-electron chi connectivity index (χ3n) is 3.38. The van der Waals surface area contributed by atoms with Gasteiger partial charge in [0.05, 0.1) is 11.4 Å². The second-order valence-corrected chi connectivity index (χ2v) is 4.51. The molecule has 0 fully saturated rings. The Kier molecular flexibility index (Phi) is 2.59. The van der Waals surface area contributed by atoms with Crippen molar-refractivity contribution in [2.45, 2.75) is 26.2 Å². The zero-order valence-electron chi connectivity index (χ0n) is 10.1. The van der Waals surface area contributed by atoms with Crippen LogP contribution in [0.15, 0.2) is 24.3 Å². The summed E-state index contributed by atoms with van der Waals surface area (Å²) in [6.45, 7) is 3.22. The molecule has 0 radical (unpaired) electrons. The van der Waals surface area contributed by atoms with Crippen molar-refractivity contribution in [1.29, 1.82) is 0 Å². The second-order valence-electron chi connectivity index (χ2n) is 4.51. The molecule has 0 unspecified atom stereocenters. The molecule has 1 aliphatic heterocycles. The van der Waals surface area contributed by atoms with Crippen LogP contribution in [0.3, 0.4) is 0 Å². The van der Waals surface area contributed by atoms with Crippen LogP contribution >= 0.6 is 0 Å². The number of fused-ring (bicyclic) bond motifs is 1. The Morgan fingerprint density at radius 2 is 2.06 bits per heavy atom. The van der Waals surface area contributed by atoms with E-state index in [1.807, 2.05) is 0 Å². The van der Waals surface area contributed by atoms with Crippen LogP contribution in [0.4, 0.5) is 5.69 Å². The van der Waals surface area contributed by atoms with Crippen molar-refractivity contribution in [2.75, 3.05) is 11.9 Å². The Labute approximate surface area is 101 Å². The quantitative estimate of drug-likeness (QED) is 0.828. The monoisotopic (exact) mass is 227 g/mol. The largest absolute Gasteiger partial charge is 0.382 e. The molecule has 2 N–H and O–H groups in total. The second kappa shape index (κ2) is 4.24. The van der Waals surface area contributed by atoms with Crippen molar-refractivity contribution in [3.05, 3.63) is 35.5 Å². The van der Waals surface area contributed by atoms with Gasteiger partial charge < -0.3 is 5.32 Å². The molecule has 0 spiro atoms. The van der Waals surface area contributed by atoms with E-state index in [2.05, 4.69) is 46.7 Å². The van der Waals surface area contributed by atoms with Gasteiger partial charge in [-0.1, -0.05) is 31.2 Å². The minimum Gasteiger partial charge on any atom is -0.382 e.